The van der Waals surface area contributed by atoms with Gasteiger partial charge in [-0.15, -0.1) is 0 Å². The van der Waals surface area contributed by atoms with E-state index in [4.69, 9.17) is 15.9 Å². The molecule has 0 amide bonds. The number of carbonyl (C=O) groups is 3. The number of carboxylic acids is 3. The number of aryl methyl sites for hydroxylation is 1. The number of nitrogens with two attached hydrogens (primary N) is 1. The van der Waals surface area contributed by atoms with Crippen LogP contribution in [0.1, 0.15) is 29.8 Å². The molecule has 0 radical (unpaired) electrons. The molecule has 3 heterocycles. The van der Waals surface area contributed by atoms with Gasteiger partial charge in [-0.3, -0.25) is 9.36 Å². The van der Waals surface area contributed by atoms with Gasteiger partial charge in [0.25, 0.3) is 0 Å². The Morgan fingerprint density at radius 1 is 1.05 bits per heavy atom. The molecule has 1 fully saturated rings. The molecule has 218 valence electrons. The fraction of sp³-hybridized carbons (Fsp3) is 0.269. The topological polar surface area (TPSA) is 188 Å². The summed E-state index contributed by atoms with van der Waals surface area (Å²) in [4.78, 5) is 49.1. The Hall–Kier alpha value is -4.92. The zero-order valence-corrected chi connectivity index (χ0v) is 22.0. The largest absolute Gasteiger partial charge is 0.478 e. The molecule has 0 saturated carbocycles. The van der Waals surface area contributed by atoms with Crippen LogP contribution in [0.2, 0.25) is 0 Å². The molecule has 4 rings (SSSR count). The predicted octanol–water partition coefficient (Wildman–Crippen LogP) is 2.29. The van der Waals surface area contributed by atoms with E-state index in [1.54, 1.807) is 11.8 Å². The Morgan fingerprint density at radius 3 is 2.15 bits per heavy atom. The van der Waals surface area contributed by atoms with E-state index in [2.05, 4.69) is 10.3 Å². The highest BCUT2D eigenvalue weighted by Gasteiger charge is 2.32. The lowest BCUT2D eigenvalue weighted by atomic mass is 10.00. The summed E-state index contributed by atoms with van der Waals surface area (Å²) in [6.45, 7) is 6.56. The first-order valence-corrected chi connectivity index (χ1v) is 12.0. The summed E-state index contributed by atoms with van der Waals surface area (Å²) in [6, 6.07) is 1.85. The molecule has 1 aromatic carbocycles. The predicted molar refractivity (Wildman–Crippen MR) is 142 cm³/mol. The number of carboxylic acid groups (broad SMARTS) is 3. The van der Waals surface area contributed by atoms with Gasteiger partial charge in [0.2, 0.25) is 5.43 Å². The molecule has 0 atom stereocenters. The van der Waals surface area contributed by atoms with Crippen LogP contribution in [0.5, 0.6) is 0 Å². The number of fused-ring (bicyclic) bond motifs is 1. The van der Waals surface area contributed by atoms with E-state index in [9.17, 15) is 33.1 Å². The minimum Gasteiger partial charge on any atom is -0.478 e. The van der Waals surface area contributed by atoms with E-state index in [1.165, 1.54) is 0 Å². The first-order chi connectivity index (χ1) is 19.1. The molecule has 41 heavy (non-hydrogen) atoms. The first kappa shape index (κ1) is 30.6. The number of nitrogen functional groups attached to an aromatic ring is 1. The van der Waals surface area contributed by atoms with Gasteiger partial charge < -0.3 is 31.3 Å². The molecule has 2 aromatic heterocycles. The number of rotatable bonds is 7. The fourth-order valence-corrected chi connectivity index (χ4v) is 4.37. The van der Waals surface area contributed by atoms with Crippen molar-refractivity contribution in [3.05, 3.63) is 69.3 Å². The van der Waals surface area contributed by atoms with Gasteiger partial charge in [0.15, 0.2) is 23.3 Å². The zero-order valence-electron chi connectivity index (χ0n) is 22.0. The molecule has 0 bridgehead atoms. The van der Waals surface area contributed by atoms with Crippen molar-refractivity contribution >= 4 is 40.3 Å². The normalized spacial score (nSPS) is 13.3. The molecule has 1 saturated heterocycles. The van der Waals surface area contributed by atoms with Crippen molar-refractivity contribution in [2.24, 2.45) is 0 Å². The molecule has 12 nitrogen and oxygen atoms in total. The lowest BCUT2D eigenvalue weighted by Crippen LogP contribution is -2.60. The van der Waals surface area contributed by atoms with Gasteiger partial charge >= 0.3 is 17.9 Å². The molecule has 3 aromatic rings. The number of hydrogen-bond acceptors (Lipinski definition) is 8. The molecular formula is C26H26F3N5O7. The van der Waals surface area contributed by atoms with Crippen molar-refractivity contribution in [3.63, 3.8) is 0 Å². The van der Waals surface area contributed by atoms with Gasteiger partial charge in [-0.05, 0) is 13.0 Å². The number of pyridine rings is 2. The monoisotopic (exact) mass is 577 g/mol. The van der Waals surface area contributed by atoms with Crippen LogP contribution in [0.15, 0.2) is 35.3 Å². The summed E-state index contributed by atoms with van der Waals surface area (Å²) < 4.78 is 44.6. The van der Waals surface area contributed by atoms with E-state index < -0.39 is 58.0 Å². The standard InChI is InChI=1S/C22H22F3N5O3.C4H4O4/c1-9(2)27-11-6-29(7-11)18-10(3)17-12(4-14(18)23)19(31)13(22(32)33)8-30(17)21-16(25)5-15(24)20(26)28-21;5-3(6)1-2-4(7)8/h4-5,8-9,11,27H,6-7H2,1-3H3,(H2,26,28)(H,32,33);1-2H,(H,5,6)(H,7,8). The number of halogens is 3. The van der Waals surface area contributed by atoms with Crippen LogP contribution in [0, 0.1) is 24.4 Å². The van der Waals surface area contributed by atoms with Gasteiger partial charge in [0, 0.05) is 55.2 Å². The molecule has 15 heteroatoms. The van der Waals surface area contributed by atoms with Gasteiger partial charge in [-0.1, -0.05) is 13.8 Å². The van der Waals surface area contributed by atoms with Crippen molar-refractivity contribution in [3.8, 4) is 5.82 Å². The number of aromatic nitrogens is 2. The van der Waals surface area contributed by atoms with Gasteiger partial charge in [-0.25, -0.2) is 32.5 Å². The maximum Gasteiger partial charge on any atom is 0.341 e. The van der Waals surface area contributed by atoms with Crippen LogP contribution in [0.25, 0.3) is 16.7 Å². The van der Waals surface area contributed by atoms with Gasteiger partial charge in [0.1, 0.15) is 11.4 Å². The maximum atomic E-state index is 15.2. The van der Waals surface area contributed by atoms with E-state index >= 15 is 4.39 Å². The lowest BCUT2D eigenvalue weighted by Gasteiger charge is -2.43. The van der Waals surface area contributed by atoms with E-state index in [1.807, 2.05) is 13.8 Å². The SMILES string of the molecule is Cc1c(N2CC(NC(C)C)C2)c(F)cc2c(=O)c(C(=O)O)cn(-c3nc(N)c(F)cc3F)c12.O=C(O)C=CC(=O)O. The number of nitrogens with zero attached hydrogens (tertiary/aromatic N) is 3. The highest BCUT2D eigenvalue weighted by atomic mass is 19.1. The third kappa shape index (κ3) is 6.63. The summed E-state index contributed by atoms with van der Waals surface area (Å²) in [5.41, 5.74) is 4.40. The number of aliphatic carboxylic acids is 2. The Balaban J connectivity index is 0.000000507. The summed E-state index contributed by atoms with van der Waals surface area (Å²) in [6.07, 6.45) is 2.01. The van der Waals surface area contributed by atoms with E-state index in [0.717, 1.165) is 16.8 Å². The first-order valence-electron chi connectivity index (χ1n) is 12.0. The number of hydrogen-bond donors (Lipinski definition) is 5. The minimum atomic E-state index is -1.58. The summed E-state index contributed by atoms with van der Waals surface area (Å²) in [5, 5.41) is 28.2. The van der Waals surface area contributed by atoms with Gasteiger partial charge in [0.05, 0.1) is 16.6 Å². The van der Waals surface area contributed by atoms with Crippen LogP contribution in [0.4, 0.5) is 24.7 Å². The number of benzene rings is 1. The van der Waals surface area contributed by atoms with Crippen molar-refractivity contribution in [2.75, 3.05) is 23.7 Å². The molecule has 1 aliphatic rings. The van der Waals surface area contributed by atoms with Crippen LogP contribution in [-0.2, 0) is 9.59 Å². The van der Waals surface area contributed by atoms with E-state index in [-0.39, 0.29) is 34.2 Å². The number of aromatic carboxylic acids is 1. The zero-order chi connectivity index (χ0) is 30.8. The average molecular weight is 578 g/mol. The van der Waals surface area contributed by atoms with Gasteiger partial charge in [-0.2, -0.15) is 0 Å². The summed E-state index contributed by atoms with van der Waals surface area (Å²) in [7, 11) is 0. The third-order valence-electron chi connectivity index (χ3n) is 5.98. The van der Waals surface area contributed by atoms with Crippen LogP contribution < -0.4 is 21.4 Å². The Bertz CT molecular complexity index is 1620. The Labute approximate surface area is 230 Å². The fourth-order valence-electron chi connectivity index (χ4n) is 4.37. The molecular weight excluding hydrogens is 551 g/mol. The third-order valence-corrected chi connectivity index (χ3v) is 5.98. The lowest BCUT2D eigenvalue weighted by molar-refractivity contribution is -0.134. The van der Waals surface area contributed by atoms with Crippen molar-refractivity contribution in [1.82, 2.24) is 14.9 Å². The second-order valence-electron chi connectivity index (χ2n) is 9.37. The quantitative estimate of drug-likeness (QED) is 0.259. The summed E-state index contributed by atoms with van der Waals surface area (Å²) >= 11 is 0. The number of nitrogens with one attached hydrogen (secondary N) is 1. The van der Waals surface area contributed by atoms with Crippen molar-refractivity contribution in [1.29, 1.82) is 0 Å². The highest BCUT2D eigenvalue weighted by molar-refractivity contribution is 5.96. The smallest absolute Gasteiger partial charge is 0.341 e. The van der Waals surface area contributed by atoms with Crippen LogP contribution >= 0.6 is 0 Å². The maximum absolute atomic E-state index is 15.2. The van der Waals surface area contributed by atoms with Crippen molar-refractivity contribution < 1.29 is 42.9 Å². The second kappa shape index (κ2) is 12.1. The second-order valence-corrected chi connectivity index (χ2v) is 9.37. The highest BCUT2D eigenvalue weighted by Crippen LogP contribution is 2.34. The minimum absolute atomic E-state index is 0.0547. The Morgan fingerprint density at radius 2 is 1.63 bits per heavy atom. The van der Waals surface area contributed by atoms with Crippen LogP contribution in [0.3, 0.4) is 0 Å². The molecule has 0 spiro atoms. The molecule has 6 N–H and O–H groups in total. The van der Waals surface area contributed by atoms with E-state index in [0.29, 0.717) is 31.3 Å². The summed E-state index contributed by atoms with van der Waals surface area (Å²) in [5.74, 6) is -8.14. The van der Waals surface area contributed by atoms with Crippen LogP contribution in [-0.4, -0.2) is 68.0 Å². The Kier molecular flexibility index (Phi) is 9.02. The van der Waals surface area contributed by atoms with Crippen molar-refractivity contribution in [2.45, 2.75) is 32.9 Å². The number of anilines is 2. The molecule has 0 aliphatic carbocycles. The molecule has 0 unspecified atom stereocenters. The average Bonchev–Trinajstić information content (AvgIpc) is 2.84. The molecule has 1 aliphatic heterocycles.